The molecule has 1 aromatic carbocycles. The maximum Gasteiger partial charge on any atom is 0.320 e. The number of hydrogen-bond acceptors (Lipinski definition) is 3. The molecule has 0 saturated carbocycles. The summed E-state index contributed by atoms with van der Waals surface area (Å²) in [4.78, 5) is 11.1. The van der Waals surface area contributed by atoms with Gasteiger partial charge in [0, 0.05) is 17.1 Å². The summed E-state index contributed by atoms with van der Waals surface area (Å²) in [6.07, 6.45) is 0. The maximum absolute atomic E-state index is 11.1. The monoisotopic (exact) mass is 271 g/mol. The Morgan fingerprint density at radius 2 is 2.17 bits per heavy atom. The van der Waals surface area contributed by atoms with Crippen LogP contribution in [0, 0.1) is 5.92 Å². The fraction of sp³-hybridized carbons (Fsp3) is 0.462. The highest BCUT2D eigenvalue weighted by atomic mass is 35.5. The van der Waals surface area contributed by atoms with E-state index in [9.17, 15) is 4.79 Å². The predicted molar refractivity (Wildman–Crippen MR) is 71.1 cm³/mol. The van der Waals surface area contributed by atoms with Crippen molar-refractivity contribution in [1.82, 2.24) is 5.32 Å². The molecule has 0 aliphatic carbocycles. The second-order valence-corrected chi connectivity index (χ2v) is 4.83. The number of ether oxygens (including phenoxy) is 1. The Kier molecular flexibility index (Phi) is 5.44. The number of nitrogens with one attached hydrogen (secondary N) is 1. The first-order chi connectivity index (χ1) is 8.45. The van der Waals surface area contributed by atoms with E-state index < -0.39 is 12.0 Å². The van der Waals surface area contributed by atoms with E-state index in [-0.39, 0.29) is 5.92 Å². The summed E-state index contributed by atoms with van der Waals surface area (Å²) < 4.78 is 5.21. The lowest BCUT2D eigenvalue weighted by molar-refractivity contribution is -0.140. The molecule has 0 spiro atoms. The largest absolute Gasteiger partial charge is 0.496 e. The van der Waals surface area contributed by atoms with Crippen LogP contribution in [0.1, 0.15) is 19.4 Å². The van der Waals surface area contributed by atoms with Gasteiger partial charge in [0.2, 0.25) is 0 Å². The minimum absolute atomic E-state index is 0.00711. The molecule has 1 aromatic rings. The van der Waals surface area contributed by atoms with Crippen molar-refractivity contribution >= 4 is 17.6 Å². The Morgan fingerprint density at radius 1 is 1.50 bits per heavy atom. The van der Waals surface area contributed by atoms with Gasteiger partial charge in [0.25, 0.3) is 0 Å². The highest BCUT2D eigenvalue weighted by Crippen LogP contribution is 2.22. The normalized spacial score (nSPS) is 12.5. The molecule has 0 radical (unpaired) electrons. The minimum atomic E-state index is -0.856. The number of rotatable bonds is 6. The molecular weight excluding hydrogens is 254 g/mol. The van der Waals surface area contributed by atoms with E-state index in [1.807, 2.05) is 13.8 Å². The van der Waals surface area contributed by atoms with Crippen molar-refractivity contribution in [3.8, 4) is 5.75 Å². The molecule has 1 atom stereocenters. The molecule has 0 aliphatic rings. The van der Waals surface area contributed by atoms with Gasteiger partial charge in [0.1, 0.15) is 11.8 Å². The van der Waals surface area contributed by atoms with Gasteiger partial charge in [-0.25, -0.2) is 0 Å². The maximum atomic E-state index is 11.1. The number of benzene rings is 1. The lowest BCUT2D eigenvalue weighted by Gasteiger charge is -2.19. The van der Waals surface area contributed by atoms with Crippen LogP contribution in [-0.2, 0) is 11.3 Å². The van der Waals surface area contributed by atoms with Crippen LogP contribution in [0.3, 0.4) is 0 Å². The lowest BCUT2D eigenvalue weighted by Crippen LogP contribution is -2.40. The third kappa shape index (κ3) is 3.89. The van der Waals surface area contributed by atoms with E-state index in [1.54, 1.807) is 25.3 Å². The van der Waals surface area contributed by atoms with Crippen LogP contribution in [0.15, 0.2) is 18.2 Å². The molecule has 0 aliphatic heterocycles. The van der Waals surface area contributed by atoms with E-state index in [1.165, 1.54) is 0 Å². The Morgan fingerprint density at radius 3 is 2.67 bits per heavy atom. The van der Waals surface area contributed by atoms with Crippen molar-refractivity contribution in [3.63, 3.8) is 0 Å². The first-order valence-electron chi connectivity index (χ1n) is 5.74. The lowest BCUT2D eigenvalue weighted by atomic mass is 10.0. The van der Waals surface area contributed by atoms with Crippen molar-refractivity contribution in [2.75, 3.05) is 7.11 Å². The standard InChI is InChI=1S/C13H18ClNO3/c1-8(2)12(13(16)17)15-7-9-6-10(14)4-5-11(9)18-3/h4-6,8,12,15H,7H2,1-3H3,(H,16,17)/t12-/m0/s1. The van der Waals surface area contributed by atoms with Crippen molar-refractivity contribution in [1.29, 1.82) is 0 Å². The zero-order valence-corrected chi connectivity index (χ0v) is 11.5. The van der Waals surface area contributed by atoms with Crippen LogP contribution in [0.25, 0.3) is 0 Å². The molecule has 2 N–H and O–H groups in total. The molecule has 0 unspecified atom stereocenters. The predicted octanol–water partition coefficient (Wildman–Crippen LogP) is 2.55. The molecule has 100 valence electrons. The molecule has 0 aromatic heterocycles. The first kappa shape index (κ1) is 14.8. The van der Waals surface area contributed by atoms with E-state index in [0.29, 0.717) is 17.3 Å². The molecule has 0 amide bonds. The Hall–Kier alpha value is -1.26. The van der Waals surface area contributed by atoms with E-state index >= 15 is 0 Å². The van der Waals surface area contributed by atoms with Gasteiger partial charge in [-0.2, -0.15) is 0 Å². The summed E-state index contributed by atoms with van der Waals surface area (Å²) in [6, 6.07) is 4.69. The number of aliphatic carboxylic acids is 1. The van der Waals surface area contributed by atoms with Crippen LogP contribution in [-0.4, -0.2) is 24.2 Å². The highest BCUT2D eigenvalue weighted by Gasteiger charge is 2.20. The minimum Gasteiger partial charge on any atom is -0.496 e. The molecule has 0 saturated heterocycles. The van der Waals surface area contributed by atoms with E-state index in [2.05, 4.69) is 5.32 Å². The number of carboxylic acids is 1. The molecule has 0 heterocycles. The number of carboxylic acid groups (broad SMARTS) is 1. The van der Waals surface area contributed by atoms with Crippen LogP contribution >= 0.6 is 11.6 Å². The Labute approximate surface area is 112 Å². The second-order valence-electron chi connectivity index (χ2n) is 4.40. The quantitative estimate of drug-likeness (QED) is 0.835. The van der Waals surface area contributed by atoms with Gasteiger partial charge in [-0.1, -0.05) is 25.4 Å². The molecule has 4 nitrogen and oxygen atoms in total. The van der Waals surface area contributed by atoms with Crippen molar-refractivity contribution in [2.45, 2.75) is 26.4 Å². The average molecular weight is 272 g/mol. The summed E-state index contributed by atoms with van der Waals surface area (Å²) in [5.74, 6) is -0.154. The summed E-state index contributed by atoms with van der Waals surface area (Å²) in [6.45, 7) is 4.13. The first-order valence-corrected chi connectivity index (χ1v) is 6.12. The van der Waals surface area contributed by atoms with Crippen molar-refractivity contribution in [3.05, 3.63) is 28.8 Å². The Balaban J connectivity index is 2.78. The third-order valence-electron chi connectivity index (χ3n) is 2.69. The summed E-state index contributed by atoms with van der Waals surface area (Å²) in [5.41, 5.74) is 0.844. The van der Waals surface area contributed by atoms with Gasteiger partial charge < -0.3 is 9.84 Å². The Bertz CT molecular complexity index is 421. The fourth-order valence-corrected chi connectivity index (χ4v) is 1.91. The average Bonchev–Trinajstić information content (AvgIpc) is 2.28. The summed E-state index contributed by atoms with van der Waals surface area (Å²) in [7, 11) is 1.57. The van der Waals surface area contributed by atoms with Gasteiger partial charge in [-0.15, -0.1) is 0 Å². The van der Waals surface area contributed by atoms with Crippen molar-refractivity contribution < 1.29 is 14.6 Å². The van der Waals surface area contributed by atoms with Crippen LogP contribution in [0.2, 0.25) is 5.02 Å². The summed E-state index contributed by atoms with van der Waals surface area (Å²) >= 11 is 5.91. The van der Waals surface area contributed by atoms with E-state index in [0.717, 1.165) is 5.56 Å². The SMILES string of the molecule is COc1ccc(Cl)cc1CN[C@H](C(=O)O)C(C)C. The topological polar surface area (TPSA) is 58.6 Å². The number of hydrogen-bond donors (Lipinski definition) is 2. The van der Waals surface area contributed by atoms with Gasteiger partial charge in [-0.3, -0.25) is 10.1 Å². The molecule has 0 fully saturated rings. The fourth-order valence-electron chi connectivity index (χ4n) is 1.71. The zero-order valence-electron chi connectivity index (χ0n) is 10.7. The molecule has 18 heavy (non-hydrogen) atoms. The number of methoxy groups -OCH3 is 1. The molecule has 1 rings (SSSR count). The second kappa shape index (κ2) is 6.61. The zero-order chi connectivity index (χ0) is 13.7. The molecular formula is C13H18ClNO3. The molecule has 0 bridgehead atoms. The van der Waals surface area contributed by atoms with Gasteiger partial charge in [-0.05, 0) is 24.1 Å². The van der Waals surface area contributed by atoms with Gasteiger partial charge >= 0.3 is 5.97 Å². The highest BCUT2D eigenvalue weighted by molar-refractivity contribution is 6.30. The number of carbonyl (C=O) groups is 1. The van der Waals surface area contributed by atoms with Crippen LogP contribution in [0.5, 0.6) is 5.75 Å². The third-order valence-corrected chi connectivity index (χ3v) is 2.92. The summed E-state index contributed by atoms with van der Waals surface area (Å²) in [5, 5.41) is 12.7. The van der Waals surface area contributed by atoms with E-state index in [4.69, 9.17) is 21.4 Å². The molecule has 5 heteroatoms. The van der Waals surface area contributed by atoms with Crippen molar-refractivity contribution in [2.24, 2.45) is 5.92 Å². The number of halogens is 1. The van der Waals surface area contributed by atoms with Crippen LogP contribution in [0.4, 0.5) is 0 Å². The van der Waals surface area contributed by atoms with Gasteiger partial charge in [0.15, 0.2) is 0 Å². The van der Waals surface area contributed by atoms with Crippen LogP contribution < -0.4 is 10.1 Å². The van der Waals surface area contributed by atoms with Gasteiger partial charge in [0.05, 0.1) is 7.11 Å². The smallest absolute Gasteiger partial charge is 0.320 e.